The fourth-order valence-electron chi connectivity index (χ4n) is 3.53. The van der Waals surface area contributed by atoms with E-state index in [0.717, 1.165) is 31.8 Å². The molecule has 0 saturated heterocycles. The lowest BCUT2D eigenvalue weighted by atomic mass is 10.1. The van der Waals surface area contributed by atoms with E-state index in [-0.39, 0.29) is 5.69 Å². The summed E-state index contributed by atoms with van der Waals surface area (Å²) < 4.78 is 6.45. The lowest BCUT2D eigenvalue weighted by molar-refractivity contribution is -0.384. The molecule has 1 aromatic heterocycles. The van der Waals surface area contributed by atoms with E-state index in [0.29, 0.717) is 11.3 Å². The van der Waals surface area contributed by atoms with E-state index in [9.17, 15) is 10.1 Å². The summed E-state index contributed by atoms with van der Waals surface area (Å²) in [6, 6.07) is 34.2. The van der Waals surface area contributed by atoms with Gasteiger partial charge in [-0.15, -0.1) is 0 Å². The Kier molecular flexibility index (Phi) is 5.74. The summed E-state index contributed by atoms with van der Waals surface area (Å²) in [5.41, 5.74) is 2.33. The molecule has 0 saturated carbocycles. The van der Waals surface area contributed by atoms with Crippen LogP contribution >= 0.6 is 11.8 Å². The minimum absolute atomic E-state index is 0.0641. The van der Waals surface area contributed by atoms with Crippen LogP contribution < -0.4 is 5.55 Å². The second-order valence-corrected chi connectivity index (χ2v) is 8.36. The predicted molar refractivity (Wildman–Crippen MR) is 131 cm³/mol. The molecule has 160 valence electrons. The fourth-order valence-corrected chi connectivity index (χ4v) is 4.57. The van der Waals surface area contributed by atoms with Gasteiger partial charge in [-0.3, -0.25) is 10.1 Å². The van der Waals surface area contributed by atoms with Gasteiger partial charge in [0.25, 0.3) is 5.69 Å². The summed E-state index contributed by atoms with van der Waals surface area (Å²) >= 11 is 1.52. The Morgan fingerprint density at radius 3 is 2.00 bits per heavy atom. The average molecular weight is 451 g/mol. The van der Waals surface area contributed by atoms with Crippen molar-refractivity contribution >= 4 is 33.9 Å². The molecule has 0 bridgehead atoms. The molecule has 33 heavy (non-hydrogen) atoms. The number of fused-ring (bicyclic) bond motifs is 1. The number of non-ortho nitro benzene ring substituents is 1. The van der Waals surface area contributed by atoms with Crippen LogP contribution in [-0.2, 0) is 0 Å². The van der Waals surface area contributed by atoms with Gasteiger partial charge in [-0.2, -0.15) is 0 Å². The van der Waals surface area contributed by atoms with Crippen molar-refractivity contribution in [3.05, 3.63) is 125 Å². The molecule has 0 aliphatic heterocycles. The number of hydrogen-bond acceptors (Lipinski definition) is 5. The standard InChI is InChI=1S/C27H18N2O3S/c30-29(31)21-15-17-22(18-16-21)33-26-23-13-7-8-14-24(23)27(28-20-11-5-2-6-12-20)32-25(26)19-9-3-1-4-10-19/h1-18H. The molecule has 5 nitrogen and oxygen atoms in total. The Morgan fingerprint density at radius 1 is 0.727 bits per heavy atom. The molecule has 0 radical (unpaired) electrons. The highest BCUT2D eigenvalue weighted by molar-refractivity contribution is 7.99. The van der Waals surface area contributed by atoms with Crippen LogP contribution in [0.5, 0.6) is 0 Å². The second-order valence-electron chi connectivity index (χ2n) is 7.28. The first-order valence-corrected chi connectivity index (χ1v) is 11.1. The van der Waals surface area contributed by atoms with Gasteiger partial charge in [0.15, 0.2) is 5.76 Å². The number of para-hydroxylation sites is 1. The van der Waals surface area contributed by atoms with Gasteiger partial charge in [-0.05, 0) is 30.3 Å². The summed E-state index contributed by atoms with van der Waals surface area (Å²) in [6.07, 6.45) is 0. The first-order valence-electron chi connectivity index (χ1n) is 10.3. The molecule has 0 aliphatic carbocycles. The van der Waals surface area contributed by atoms with Crippen LogP contribution in [0.3, 0.4) is 0 Å². The van der Waals surface area contributed by atoms with Crippen molar-refractivity contribution in [3.8, 4) is 11.3 Å². The van der Waals surface area contributed by atoms with Crippen LogP contribution in [0, 0.1) is 10.1 Å². The van der Waals surface area contributed by atoms with Crippen LogP contribution in [-0.4, -0.2) is 4.92 Å². The van der Waals surface area contributed by atoms with Crippen LogP contribution in [0.2, 0.25) is 0 Å². The number of rotatable bonds is 5. The van der Waals surface area contributed by atoms with Crippen molar-refractivity contribution in [1.82, 2.24) is 0 Å². The van der Waals surface area contributed by atoms with E-state index in [4.69, 9.17) is 9.41 Å². The molecular weight excluding hydrogens is 432 g/mol. The molecule has 4 aromatic carbocycles. The van der Waals surface area contributed by atoms with Gasteiger partial charge in [-0.1, -0.05) is 78.5 Å². The van der Waals surface area contributed by atoms with E-state index in [1.165, 1.54) is 23.9 Å². The maximum Gasteiger partial charge on any atom is 0.269 e. The topological polar surface area (TPSA) is 68.6 Å². The molecule has 1 heterocycles. The minimum Gasteiger partial charge on any atom is -0.436 e. The second kappa shape index (κ2) is 9.14. The van der Waals surface area contributed by atoms with Crippen LogP contribution in [0.4, 0.5) is 11.4 Å². The van der Waals surface area contributed by atoms with Crippen LogP contribution in [0.1, 0.15) is 0 Å². The van der Waals surface area contributed by atoms with Crippen molar-refractivity contribution in [2.24, 2.45) is 4.99 Å². The fraction of sp³-hybridized carbons (Fsp3) is 0. The molecule has 0 N–H and O–H groups in total. The lowest BCUT2D eigenvalue weighted by Crippen LogP contribution is -2.05. The zero-order valence-corrected chi connectivity index (χ0v) is 18.2. The predicted octanol–water partition coefficient (Wildman–Crippen LogP) is 7.39. The third-order valence-corrected chi connectivity index (χ3v) is 6.21. The number of nitrogens with zero attached hydrogens (tertiary/aromatic N) is 2. The molecular formula is C27H18N2O3S. The van der Waals surface area contributed by atoms with E-state index >= 15 is 0 Å². The van der Waals surface area contributed by atoms with E-state index in [2.05, 4.69) is 6.07 Å². The Balaban J connectivity index is 1.75. The summed E-state index contributed by atoms with van der Waals surface area (Å²) in [4.78, 5) is 17.2. The van der Waals surface area contributed by atoms with Gasteiger partial charge in [0.1, 0.15) is 0 Å². The molecule has 0 amide bonds. The van der Waals surface area contributed by atoms with Gasteiger partial charge < -0.3 is 4.42 Å². The summed E-state index contributed by atoms with van der Waals surface area (Å²) in [5.74, 6) is 0.701. The average Bonchev–Trinajstić information content (AvgIpc) is 2.87. The van der Waals surface area contributed by atoms with E-state index in [1.54, 1.807) is 12.1 Å². The minimum atomic E-state index is -0.394. The summed E-state index contributed by atoms with van der Waals surface area (Å²) in [5, 5.41) is 12.9. The molecule has 5 aromatic rings. The molecule has 0 atom stereocenters. The van der Waals surface area contributed by atoms with Crippen molar-refractivity contribution in [2.75, 3.05) is 0 Å². The van der Waals surface area contributed by atoms with Crippen LogP contribution in [0.25, 0.3) is 22.1 Å². The zero-order chi connectivity index (χ0) is 22.6. The molecule has 0 fully saturated rings. The van der Waals surface area contributed by atoms with E-state index in [1.807, 2.05) is 78.9 Å². The van der Waals surface area contributed by atoms with Gasteiger partial charge in [0.05, 0.1) is 15.5 Å². The summed E-state index contributed by atoms with van der Waals surface area (Å²) in [6.45, 7) is 0. The van der Waals surface area contributed by atoms with Gasteiger partial charge >= 0.3 is 0 Å². The lowest BCUT2D eigenvalue weighted by Gasteiger charge is -2.13. The molecule has 0 aliphatic rings. The summed E-state index contributed by atoms with van der Waals surface area (Å²) in [7, 11) is 0. The highest BCUT2D eigenvalue weighted by Gasteiger charge is 2.17. The van der Waals surface area contributed by atoms with E-state index < -0.39 is 4.92 Å². The maximum atomic E-state index is 11.0. The number of hydrogen-bond donors (Lipinski definition) is 0. The SMILES string of the molecule is O=[N+]([O-])c1ccc(Sc2c(-c3ccccc3)oc(=Nc3ccccc3)c3ccccc23)cc1. The normalized spacial score (nSPS) is 11.6. The third kappa shape index (κ3) is 4.42. The number of nitro benzene ring substituents is 1. The quantitative estimate of drug-likeness (QED) is 0.207. The highest BCUT2D eigenvalue weighted by Crippen LogP contribution is 2.40. The van der Waals surface area contributed by atoms with Crippen LogP contribution in [0.15, 0.2) is 128 Å². The van der Waals surface area contributed by atoms with Crippen molar-refractivity contribution in [3.63, 3.8) is 0 Å². The monoisotopic (exact) mass is 450 g/mol. The third-order valence-electron chi connectivity index (χ3n) is 5.10. The Morgan fingerprint density at radius 2 is 1.33 bits per heavy atom. The Labute approximate surface area is 194 Å². The zero-order valence-electron chi connectivity index (χ0n) is 17.4. The first kappa shape index (κ1) is 20.7. The van der Waals surface area contributed by atoms with Crippen molar-refractivity contribution in [2.45, 2.75) is 9.79 Å². The van der Waals surface area contributed by atoms with Gasteiger partial charge in [-0.25, -0.2) is 4.99 Å². The van der Waals surface area contributed by atoms with Gasteiger partial charge in [0, 0.05) is 33.4 Å². The smallest absolute Gasteiger partial charge is 0.269 e. The number of benzene rings is 4. The molecule has 5 rings (SSSR count). The Bertz CT molecular complexity index is 1500. The largest absolute Gasteiger partial charge is 0.436 e. The Hall–Kier alpha value is -4.16. The highest BCUT2D eigenvalue weighted by atomic mass is 32.2. The van der Waals surface area contributed by atoms with Gasteiger partial charge in [0.2, 0.25) is 5.55 Å². The van der Waals surface area contributed by atoms with Crippen molar-refractivity contribution in [1.29, 1.82) is 0 Å². The first-order chi connectivity index (χ1) is 16.2. The maximum absolute atomic E-state index is 11.0. The molecule has 0 unspecified atom stereocenters. The molecule has 0 spiro atoms. The number of nitro groups is 1. The van der Waals surface area contributed by atoms with Crippen molar-refractivity contribution < 1.29 is 9.34 Å². The molecule has 6 heteroatoms.